The minimum absolute atomic E-state index is 0.0607. The van der Waals surface area contributed by atoms with Crippen molar-refractivity contribution in [3.63, 3.8) is 0 Å². The Morgan fingerprint density at radius 2 is 1.40 bits per heavy atom. The number of alkyl carbamates (subject to hydrolysis) is 1. The van der Waals surface area contributed by atoms with Crippen LogP contribution in [0.3, 0.4) is 0 Å². The highest BCUT2D eigenvalue weighted by atomic mass is 16.6. The lowest BCUT2D eigenvalue weighted by atomic mass is 9.44. The van der Waals surface area contributed by atoms with Crippen LogP contribution in [-0.2, 0) is 54.0 Å². The summed E-state index contributed by atoms with van der Waals surface area (Å²) in [6.07, 6.45) is 0.794. The van der Waals surface area contributed by atoms with Crippen molar-refractivity contribution in [1.29, 1.82) is 0 Å². The highest BCUT2D eigenvalue weighted by Gasteiger charge is 2.78. The van der Waals surface area contributed by atoms with E-state index in [0.717, 1.165) is 72.4 Å². The highest BCUT2D eigenvalue weighted by Crippen LogP contribution is 2.64. The molecule has 18 heteroatoms. The van der Waals surface area contributed by atoms with Crippen molar-refractivity contribution in [2.75, 3.05) is 13.2 Å². The Labute approximate surface area is 557 Å². The van der Waals surface area contributed by atoms with Crippen LogP contribution >= 0.6 is 0 Å². The van der Waals surface area contributed by atoms with Crippen LogP contribution in [0.15, 0.2) is 71.8 Å². The number of ether oxygens (including phenoxy) is 8. The molecule has 4 N–H and O–H groups in total. The van der Waals surface area contributed by atoms with E-state index in [1.54, 1.807) is 83.1 Å². The van der Waals surface area contributed by atoms with Gasteiger partial charge in [0.2, 0.25) is 6.10 Å². The third-order valence-electron chi connectivity index (χ3n) is 21.4. The van der Waals surface area contributed by atoms with Gasteiger partial charge in [-0.05, 0) is 158 Å². The molecule has 1 amide bonds. The van der Waals surface area contributed by atoms with Crippen LogP contribution in [0, 0.1) is 55.3 Å². The average Bonchev–Trinajstić information content (AvgIpc) is 0.671. The molecular formula is C76H107NO17. The Kier molecular flexibility index (Phi) is 23.1. The van der Waals surface area contributed by atoms with Gasteiger partial charge in [-0.1, -0.05) is 135 Å². The maximum Gasteiger partial charge on any atom is 0.408 e. The van der Waals surface area contributed by atoms with Crippen molar-refractivity contribution in [3.05, 3.63) is 105 Å². The molecule has 518 valence electrons. The minimum atomic E-state index is -2.45. The smallest absolute Gasteiger partial charge is 0.408 e. The molecular weight excluding hydrogens is 1200 g/mol. The lowest BCUT2D eigenvalue weighted by molar-refractivity contribution is -0.346. The molecule has 3 aliphatic carbocycles. The van der Waals surface area contributed by atoms with Gasteiger partial charge in [0.25, 0.3) is 0 Å². The number of fused-ring (bicyclic) bond motifs is 6. The van der Waals surface area contributed by atoms with E-state index in [1.165, 1.54) is 70.9 Å². The number of aliphatic hydroxyl groups excluding tert-OH is 2. The fourth-order valence-electron chi connectivity index (χ4n) is 15.7. The van der Waals surface area contributed by atoms with Gasteiger partial charge in [-0.15, -0.1) is 0 Å². The number of aliphatic hydroxyl groups is 3. The maximum absolute atomic E-state index is 15.5. The van der Waals surface area contributed by atoms with Gasteiger partial charge in [-0.2, -0.15) is 0 Å². The number of rotatable bonds is 26. The number of nitrogens with one attached hydrogen (secondary N) is 1. The second-order valence-corrected chi connectivity index (χ2v) is 30.4. The topological polar surface area (TPSA) is 249 Å². The van der Waals surface area contributed by atoms with Gasteiger partial charge in [0, 0.05) is 37.2 Å². The van der Waals surface area contributed by atoms with Crippen LogP contribution in [0.25, 0.3) is 0 Å². The van der Waals surface area contributed by atoms with Crippen LogP contribution in [0.5, 0.6) is 11.5 Å². The van der Waals surface area contributed by atoms with E-state index < -0.39 is 118 Å². The van der Waals surface area contributed by atoms with Crippen LogP contribution < -0.4 is 14.8 Å². The van der Waals surface area contributed by atoms with Crippen molar-refractivity contribution >= 4 is 35.8 Å². The molecule has 1 saturated heterocycles. The number of carbonyl (C=O) groups is 6. The summed E-state index contributed by atoms with van der Waals surface area (Å²) >= 11 is 0. The number of amides is 1. The van der Waals surface area contributed by atoms with Gasteiger partial charge in [-0.25, -0.2) is 14.4 Å². The molecule has 0 spiro atoms. The molecule has 18 nitrogen and oxygen atoms in total. The average molecular weight is 1310 g/mol. The van der Waals surface area contributed by atoms with E-state index in [2.05, 4.69) is 46.9 Å². The molecule has 0 aromatic heterocycles. The van der Waals surface area contributed by atoms with Crippen molar-refractivity contribution in [3.8, 4) is 11.5 Å². The molecule has 2 saturated carbocycles. The lowest BCUT2D eigenvalue weighted by Crippen LogP contribution is -2.81. The van der Waals surface area contributed by atoms with Gasteiger partial charge in [0.1, 0.15) is 58.8 Å². The summed E-state index contributed by atoms with van der Waals surface area (Å²) in [4.78, 5) is 87.0. The number of benzene rings is 3. The summed E-state index contributed by atoms with van der Waals surface area (Å²) in [5.74, 6) is -2.46. The maximum atomic E-state index is 15.5. The molecule has 94 heavy (non-hydrogen) atoms. The van der Waals surface area contributed by atoms with Crippen molar-refractivity contribution < 1.29 is 82.0 Å². The summed E-state index contributed by atoms with van der Waals surface area (Å²) in [6.45, 7) is 29.7. The molecule has 5 aliphatic rings. The van der Waals surface area contributed by atoms with Crippen LogP contribution in [0.1, 0.15) is 224 Å². The van der Waals surface area contributed by atoms with E-state index in [-0.39, 0.29) is 54.8 Å². The van der Waals surface area contributed by atoms with Crippen molar-refractivity contribution in [1.82, 2.24) is 5.32 Å². The number of Topliss-reactive ketones (excluding diaryl/α,β-unsaturated/α-hetero) is 1. The SMILES string of the molecule is CC(=O)O[C@@]12CO[C@@H]1C[C@H](O)[C@@]1(C)C(=O)[C@H](O)C3=C(C)[C@@H](OC(=O)[C@H](OC(=O)CCCOc4c(C)c(C)c5c(c4C)CC[C@@](C)(CCC[C@H](C)CCC[C@H](C)CCCC(C)C)O5)[C@@H](NC(=O)OC(C)(C)C)c4ccccc4)C[C@@](O)([C@@H](OC(=O)c4ccccc4)[C@H]21)C3(C)C. The molecule has 2 aliphatic heterocycles. The van der Waals surface area contributed by atoms with E-state index in [0.29, 0.717) is 17.2 Å². The summed E-state index contributed by atoms with van der Waals surface area (Å²) in [5.41, 5.74) is -4.90. The minimum Gasteiger partial charge on any atom is -0.493 e. The zero-order valence-electron chi connectivity index (χ0n) is 58.7. The van der Waals surface area contributed by atoms with Crippen LogP contribution in [-0.4, -0.2) is 123 Å². The molecule has 3 aromatic carbocycles. The Balaban J connectivity index is 1.04. The third kappa shape index (κ3) is 15.6. The van der Waals surface area contributed by atoms with Gasteiger partial charge >= 0.3 is 30.0 Å². The number of hydrogen-bond acceptors (Lipinski definition) is 17. The Hall–Kier alpha value is -6.34. The molecule has 2 bridgehead atoms. The normalized spacial score (nSPS) is 28.2. The van der Waals surface area contributed by atoms with E-state index in [4.69, 9.17) is 37.9 Å². The molecule has 3 aromatic rings. The molecule has 3 fully saturated rings. The lowest BCUT2D eigenvalue weighted by Gasteiger charge is -2.67. The highest BCUT2D eigenvalue weighted by molar-refractivity contribution is 5.94. The quantitative estimate of drug-likeness (QED) is 0.0252. The first kappa shape index (κ1) is 73.5. The zero-order chi connectivity index (χ0) is 69.0. The number of carbonyl (C=O) groups excluding carboxylic acids is 6. The standard InChI is InChI=1S/C76H107NO17/c1-44(2)27-23-28-45(3)29-24-30-46(4)31-25-38-73(15)39-37-54-49(7)62(47(5)48(6)63(54)93-73)87-40-26-36-58(80)90-64(60(52-32-19-17-20-33-52)77-70(85)94-71(10,11)12)69(84)89-55-42-76(86)67(91-68(83)53-34-21-18-22-35-53)65-74(16,66(82)61(81)59(50(55)8)72(76,13)14)56(79)41-57-75(65,43-88-57)92-51(9)78/h17-22,32-35,44-46,55-57,60-61,64-65,67,79,81,86H,23-31,36-43H2,1-16H3,(H,77,85)/t45-,46-,55+,56+,57-,60+,61-,64-,65+,67+,73-,74-,75+,76-/m1/s1. The zero-order valence-corrected chi connectivity index (χ0v) is 58.7. The summed E-state index contributed by atoms with van der Waals surface area (Å²) in [7, 11) is 0. The number of esters is 4. The summed E-state index contributed by atoms with van der Waals surface area (Å²) in [5, 5.41) is 41.5. The van der Waals surface area contributed by atoms with E-state index in [1.807, 2.05) is 13.8 Å². The van der Waals surface area contributed by atoms with Crippen LogP contribution in [0.2, 0.25) is 0 Å². The Morgan fingerprint density at radius 3 is 2.00 bits per heavy atom. The second kappa shape index (κ2) is 29.6. The first-order valence-corrected chi connectivity index (χ1v) is 34.4. The van der Waals surface area contributed by atoms with Crippen molar-refractivity contribution in [2.24, 2.45) is 34.5 Å². The summed E-state index contributed by atoms with van der Waals surface area (Å²) < 4.78 is 50.4. The molecule has 0 unspecified atom stereocenters. The fourth-order valence-corrected chi connectivity index (χ4v) is 15.7. The van der Waals surface area contributed by atoms with Gasteiger partial charge < -0.3 is 58.5 Å². The first-order chi connectivity index (χ1) is 44.1. The summed E-state index contributed by atoms with van der Waals surface area (Å²) in [6, 6.07) is 14.8. The number of hydrogen-bond donors (Lipinski definition) is 4. The monoisotopic (exact) mass is 1310 g/mol. The van der Waals surface area contributed by atoms with E-state index in [9.17, 15) is 34.5 Å². The largest absolute Gasteiger partial charge is 0.493 e. The predicted octanol–water partition coefficient (Wildman–Crippen LogP) is 13.1. The van der Waals surface area contributed by atoms with Gasteiger partial charge in [-0.3, -0.25) is 14.4 Å². The first-order valence-electron chi connectivity index (χ1n) is 34.4. The Bertz CT molecular complexity index is 3240. The molecule has 2 heterocycles. The number of ketones is 1. The van der Waals surface area contributed by atoms with Gasteiger partial charge in [0.05, 0.1) is 36.2 Å². The molecule has 14 atom stereocenters. The van der Waals surface area contributed by atoms with E-state index >= 15 is 9.59 Å². The second-order valence-electron chi connectivity index (χ2n) is 30.4. The predicted molar refractivity (Wildman–Crippen MR) is 355 cm³/mol. The van der Waals surface area contributed by atoms with Crippen molar-refractivity contribution in [2.45, 2.75) is 272 Å². The molecule has 0 radical (unpaired) electrons. The third-order valence-corrected chi connectivity index (χ3v) is 21.4. The van der Waals surface area contributed by atoms with Gasteiger partial charge in [0.15, 0.2) is 11.4 Å². The molecule has 8 rings (SSSR count). The fraction of sp³-hybridized carbons (Fsp3) is 0.658. The Morgan fingerprint density at radius 1 is 0.787 bits per heavy atom. The van der Waals surface area contributed by atoms with Crippen LogP contribution in [0.4, 0.5) is 4.79 Å².